The summed E-state index contributed by atoms with van der Waals surface area (Å²) < 4.78 is 6.96. The molecule has 182 valence electrons. The third-order valence-electron chi connectivity index (χ3n) is 5.21. The molecule has 0 radical (unpaired) electrons. The minimum Gasteiger partial charge on any atom is -0.451 e. The van der Waals surface area contributed by atoms with Crippen LogP contribution in [0.3, 0.4) is 0 Å². The van der Waals surface area contributed by atoms with E-state index < -0.39 is 35.1 Å². The number of nitrogens with one attached hydrogen (secondary N) is 3. The number of carbonyl (C=O) groups excluding carboxylic acids is 4. The smallest absolute Gasteiger partial charge is 0.287 e. The number of anilines is 1. The SMILES string of the molecule is C=CCNC(=O)C(=O)CCC(NC(=O)c1cc2ccccc2o1)C(=O)Nc1cccn(CC)c1=O. The van der Waals surface area contributed by atoms with Gasteiger partial charge in [-0.25, -0.2) is 0 Å². The van der Waals surface area contributed by atoms with Crippen molar-refractivity contribution in [3.05, 3.63) is 77.4 Å². The Bertz CT molecular complexity index is 1290. The van der Waals surface area contributed by atoms with E-state index in [0.29, 0.717) is 17.5 Å². The Labute approximate surface area is 201 Å². The fourth-order valence-corrected chi connectivity index (χ4v) is 3.35. The first-order valence-electron chi connectivity index (χ1n) is 11.1. The zero-order chi connectivity index (χ0) is 25.4. The average molecular weight is 479 g/mol. The van der Waals surface area contributed by atoms with E-state index in [-0.39, 0.29) is 30.8 Å². The molecule has 0 fully saturated rings. The average Bonchev–Trinajstić information content (AvgIpc) is 3.30. The van der Waals surface area contributed by atoms with E-state index in [9.17, 15) is 24.0 Å². The van der Waals surface area contributed by atoms with Crippen molar-refractivity contribution >= 4 is 40.2 Å². The van der Waals surface area contributed by atoms with E-state index in [1.165, 1.54) is 22.8 Å². The molecule has 0 saturated heterocycles. The standard InChI is InChI=1S/C25H26N4O6/c1-3-13-26-23(32)19(30)12-11-17(22(31)28-18-9-7-14-29(4-2)25(18)34)27-24(33)21-15-16-8-5-6-10-20(16)35-21/h3,5-10,14-15,17H,1,4,11-13H2,2H3,(H,26,32)(H,27,33)(H,28,31). The van der Waals surface area contributed by atoms with E-state index in [4.69, 9.17) is 4.42 Å². The largest absolute Gasteiger partial charge is 0.451 e. The van der Waals surface area contributed by atoms with Gasteiger partial charge >= 0.3 is 0 Å². The molecule has 3 rings (SSSR count). The van der Waals surface area contributed by atoms with Gasteiger partial charge in [-0.3, -0.25) is 24.0 Å². The molecule has 0 saturated carbocycles. The maximum Gasteiger partial charge on any atom is 0.287 e. The molecule has 3 amide bonds. The summed E-state index contributed by atoms with van der Waals surface area (Å²) in [6.45, 7) is 5.77. The van der Waals surface area contributed by atoms with E-state index in [2.05, 4.69) is 22.5 Å². The first-order valence-corrected chi connectivity index (χ1v) is 11.1. The third kappa shape index (κ3) is 6.32. The summed E-state index contributed by atoms with van der Waals surface area (Å²) in [5, 5.41) is 8.14. The molecule has 0 aliphatic rings. The molecule has 1 unspecified atom stereocenters. The van der Waals surface area contributed by atoms with Crippen molar-refractivity contribution in [2.24, 2.45) is 0 Å². The van der Waals surface area contributed by atoms with Crippen LogP contribution in [0.2, 0.25) is 0 Å². The minimum absolute atomic E-state index is 0.0212. The van der Waals surface area contributed by atoms with Gasteiger partial charge in [-0.05, 0) is 37.6 Å². The van der Waals surface area contributed by atoms with Gasteiger partial charge in [-0.2, -0.15) is 0 Å². The van der Waals surface area contributed by atoms with E-state index >= 15 is 0 Å². The summed E-state index contributed by atoms with van der Waals surface area (Å²) in [4.78, 5) is 62.4. The van der Waals surface area contributed by atoms with Gasteiger partial charge in [-0.15, -0.1) is 6.58 Å². The molecular formula is C25H26N4O6. The summed E-state index contributed by atoms with van der Waals surface area (Å²) in [6, 6.07) is 10.4. The van der Waals surface area contributed by atoms with Crippen molar-refractivity contribution in [2.75, 3.05) is 11.9 Å². The van der Waals surface area contributed by atoms with Crippen LogP contribution in [0.15, 0.2) is 70.5 Å². The van der Waals surface area contributed by atoms with Crippen molar-refractivity contribution in [2.45, 2.75) is 32.4 Å². The number of carbonyl (C=O) groups is 4. The topological polar surface area (TPSA) is 140 Å². The van der Waals surface area contributed by atoms with Crippen LogP contribution in [-0.4, -0.2) is 40.7 Å². The Hall–Kier alpha value is -4.47. The van der Waals surface area contributed by atoms with Crippen molar-refractivity contribution in [1.82, 2.24) is 15.2 Å². The quantitative estimate of drug-likeness (QED) is 0.285. The van der Waals surface area contributed by atoms with Crippen molar-refractivity contribution in [3.63, 3.8) is 0 Å². The zero-order valence-electron chi connectivity index (χ0n) is 19.2. The highest BCUT2D eigenvalue weighted by molar-refractivity contribution is 6.36. The lowest BCUT2D eigenvalue weighted by Gasteiger charge is -2.18. The number of amides is 3. The van der Waals surface area contributed by atoms with Crippen molar-refractivity contribution in [1.29, 1.82) is 0 Å². The summed E-state index contributed by atoms with van der Waals surface area (Å²) in [6.07, 6.45) is 2.53. The number of hydrogen-bond acceptors (Lipinski definition) is 6. The van der Waals surface area contributed by atoms with Crippen LogP contribution in [0.5, 0.6) is 0 Å². The monoisotopic (exact) mass is 478 g/mol. The minimum atomic E-state index is -1.22. The van der Waals surface area contributed by atoms with Gasteiger partial charge < -0.3 is 24.9 Å². The Morgan fingerprint density at radius 2 is 1.91 bits per heavy atom. The molecule has 0 spiro atoms. The maximum absolute atomic E-state index is 13.0. The number of Topliss-reactive ketones (excluding diaryl/α,β-unsaturated/α-hetero) is 1. The number of fused-ring (bicyclic) bond motifs is 1. The van der Waals surface area contributed by atoms with Crippen LogP contribution in [-0.2, 0) is 20.9 Å². The van der Waals surface area contributed by atoms with E-state index in [0.717, 1.165) is 0 Å². The molecule has 1 atom stereocenters. The third-order valence-corrected chi connectivity index (χ3v) is 5.21. The number of furan rings is 1. The summed E-state index contributed by atoms with van der Waals surface area (Å²) in [5.41, 5.74) is 0.111. The first kappa shape index (κ1) is 25.2. The molecule has 10 heteroatoms. The molecule has 10 nitrogen and oxygen atoms in total. The van der Waals surface area contributed by atoms with Crippen LogP contribution in [0, 0.1) is 0 Å². The van der Waals surface area contributed by atoms with Gasteiger partial charge in [0.25, 0.3) is 17.4 Å². The molecule has 0 aliphatic carbocycles. The predicted octanol–water partition coefficient (Wildman–Crippen LogP) is 2.00. The lowest BCUT2D eigenvalue weighted by atomic mass is 10.1. The lowest BCUT2D eigenvalue weighted by Crippen LogP contribution is -2.45. The molecule has 0 aliphatic heterocycles. The Morgan fingerprint density at radius 1 is 1.14 bits per heavy atom. The van der Waals surface area contributed by atoms with E-state index in [1.54, 1.807) is 43.5 Å². The predicted molar refractivity (Wildman–Crippen MR) is 130 cm³/mol. The van der Waals surface area contributed by atoms with Gasteiger partial charge in [0.2, 0.25) is 11.7 Å². The number of benzene rings is 1. The number of hydrogen-bond donors (Lipinski definition) is 3. The van der Waals surface area contributed by atoms with Crippen LogP contribution in [0.25, 0.3) is 11.0 Å². The van der Waals surface area contributed by atoms with E-state index in [1.807, 2.05) is 0 Å². The van der Waals surface area contributed by atoms with Gasteiger partial charge in [0, 0.05) is 31.1 Å². The van der Waals surface area contributed by atoms with Gasteiger partial charge in [-0.1, -0.05) is 24.3 Å². The zero-order valence-corrected chi connectivity index (χ0v) is 19.2. The Kier molecular flexibility index (Phi) is 8.33. The highest BCUT2D eigenvalue weighted by atomic mass is 16.3. The second kappa shape index (κ2) is 11.6. The Balaban J connectivity index is 1.78. The van der Waals surface area contributed by atoms with Crippen LogP contribution in [0.1, 0.15) is 30.3 Å². The fraction of sp³-hybridized carbons (Fsp3) is 0.240. The number of rotatable bonds is 11. The second-order valence-corrected chi connectivity index (χ2v) is 7.64. The molecule has 35 heavy (non-hydrogen) atoms. The van der Waals surface area contributed by atoms with Gasteiger partial charge in [0.1, 0.15) is 17.3 Å². The van der Waals surface area contributed by atoms with Crippen LogP contribution in [0.4, 0.5) is 5.69 Å². The molecule has 1 aromatic carbocycles. The lowest BCUT2D eigenvalue weighted by molar-refractivity contribution is -0.138. The molecule has 3 N–H and O–H groups in total. The number of ketones is 1. The maximum atomic E-state index is 13.0. The number of nitrogens with zero attached hydrogens (tertiary/aromatic N) is 1. The number of aromatic nitrogens is 1. The van der Waals surface area contributed by atoms with Crippen molar-refractivity contribution < 1.29 is 23.6 Å². The molecule has 2 heterocycles. The number of para-hydroxylation sites is 1. The molecule has 3 aromatic rings. The number of aryl methyl sites for hydroxylation is 1. The Morgan fingerprint density at radius 3 is 2.63 bits per heavy atom. The fourth-order valence-electron chi connectivity index (χ4n) is 3.35. The second-order valence-electron chi connectivity index (χ2n) is 7.64. The first-order chi connectivity index (χ1) is 16.8. The highest BCUT2D eigenvalue weighted by Crippen LogP contribution is 2.19. The van der Waals surface area contributed by atoms with Gasteiger partial charge in [0.05, 0.1) is 0 Å². The van der Waals surface area contributed by atoms with Crippen LogP contribution < -0.4 is 21.5 Å². The molecule has 2 aromatic heterocycles. The summed E-state index contributed by atoms with van der Waals surface area (Å²) >= 11 is 0. The van der Waals surface area contributed by atoms with Crippen LogP contribution >= 0.6 is 0 Å². The highest BCUT2D eigenvalue weighted by Gasteiger charge is 2.26. The summed E-state index contributed by atoms with van der Waals surface area (Å²) in [5.74, 6) is -2.98. The molecule has 0 bridgehead atoms. The number of pyridine rings is 1. The van der Waals surface area contributed by atoms with Gasteiger partial charge in [0.15, 0.2) is 5.76 Å². The molecular weight excluding hydrogens is 452 g/mol. The summed E-state index contributed by atoms with van der Waals surface area (Å²) in [7, 11) is 0. The van der Waals surface area contributed by atoms with Crippen molar-refractivity contribution in [3.8, 4) is 0 Å². The normalized spacial score (nSPS) is 11.5.